The Morgan fingerprint density at radius 1 is 1.42 bits per heavy atom. The summed E-state index contributed by atoms with van der Waals surface area (Å²) in [5.41, 5.74) is 1.92. The first-order valence-electron chi connectivity index (χ1n) is 7.79. The number of amides is 1. The number of nitro benzene ring substituents is 1. The number of rotatable bonds is 6. The molecule has 0 aliphatic heterocycles. The van der Waals surface area contributed by atoms with Crippen LogP contribution in [0.1, 0.15) is 33.6 Å². The van der Waals surface area contributed by atoms with E-state index < -0.39 is 4.92 Å². The molecule has 1 aliphatic rings. The lowest BCUT2D eigenvalue weighted by atomic mass is 10.1. The number of hydrogen-bond acceptors (Lipinski definition) is 5. The maximum atomic E-state index is 12.6. The minimum atomic E-state index is -0.440. The molecule has 0 saturated heterocycles. The lowest BCUT2D eigenvalue weighted by Crippen LogP contribution is -2.26. The summed E-state index contributed by atoms with van der Waals surface area (Å²) in [5, 5.41) is 16.4. The first-order chi connectivity index (χ1) is 11.5. The third-order valence-corrected chi connectivity index (χ3v) is 5.08. The van der Waals surface area contributed by atoms with Crippen molar-refractivity contribution in [1.29, 1.82) is 0 Å². The molecule has 1 aromatic heterocycles. The summed E-state index contributed by atoms with van der Waals surface area (Å²) in [6.07, 6.45) is 2.06. The molecule has 0 spiro atoms. The lowest BCUT2D eigenvalue weighted by molar-refractivity contribution is -0.384. The van der Waals surface area contributed by atoms with Crippen molar-refractivity contribution < 1.29 is 9.72 Å². The molecule has 6 nitrogen and oxygen atoms in total. The summed E-state index contributed by atoms with van der Waals surface area (Å²) in [4.78, 5) is 26.2. The highest BCUT2D eigenvalue weighted by atomic mass is 32.1. The number of nitrogens with zero attached hydrogens (tertiary/aromatic N) is 2. The SMILES string of the molecule is Cc1ccsc1CN(C)C(=O)c1ccc(NC2CC2)c([N+](=O)[O-])c1. The number of aryl methyl sites for hydroxylation is 1. The van der Waals surface area contributed by atoms with Crippen molar-refractivity contribution in [2.75, 3.05) is 12.4 Å². The molecule has 0 atom stereocenters. The van der Waals surface area contributed by atoms with Crippen LogP contribution in [0.15, 0.2) is 29.6 Å². The predicted octanol–water partition coefficient (Wildman–Crippen LogP) is 3.81. The molecule has 7 heteroatoms. The van der Waals surface area contributed by atoms with E-state index >= 15 is 0 Å². The average molecular weight is 345 g/mol. The van der Waals surface area contributed by atoms with Gasteiger partial charge in [-0.2, -0.15) is 0 Å². The fraction of sp³-hybridized carbons (Fsp3) is 0.353. The third-order valence-electron chi connectivity index (χ3n) is 4.07. The average Bonchev–Trinajstić information content (AvgIpc) is 3.28. The van der Waals surface area contributed by atoms with Crippen molar-refractivity contribution in [3.63, 3.8) is 0 Å². The van der Waals surface area contributed by atoms with E-state index in [-0.39, 0.29) is 11.6 Å². The fourth-order valence-corrected chi connectivity index (χ4v) is 3.42. The monoisotopic (exact) mass is 345 g/mol. The zero-order valence-electron chi connectivity index (χ0n) is 13.6. The summed E-state index contributed by atoms with van der Waals surface area (Å²) in [7, 11) is 1.71. The van der Waals surface area contributed by atoms with Gasteiger partial charge in [0.15, 0.2) is 0 Å². The maximum Gasteiger partial charge on any atom is 0.293 e. The second-order valence-corrected chi connectivity index (χ2v) is 7.10. The van der Waals surface area contributed by atoms with E-state index in [0.717, 1.165) is 23.3 Å². The van der Waals surface area contributed by atoms with Crippen LogP contribution in [0, 0.1) is 17.0 Å². The van der Waals surface area contributed by atoms with E-state index in [9.17, 15) is 14.9 Å². The Balaban J connectivity index is 1.79. The Labute approximate surface area is 144 Å². The Morgan fingerprint density at radius 2 is 2.17 bits per heavy atom. The van der Waals surface area contributed by atoms with Crippen LogP contribution < -0.4 is 5.32 Å². The smallest absolute Gasteiger partial charge is 0.293 e. The molecule has 24 heavy (non-hydrogen) atoms. The number of carbonyl (C=O) groups is 1. The zero-order valence-corrected chi connectivity index (χ0v) is 14.4. The van der Waals surface area contributed by atoms with Crippen molar-refractivity contribution in [2.24, 2.45) is 0 Å². The van der Waals surface area contributed by atoms with Crippen LogP contribution in [0.3, 0.4) is 0 Å². The van der Waals surface area contributed by atoms with E-state index in [2.05, 4.69) is 5.32 Å². The van der Waals surface area contributed by atoms with Gasteiger partial charge in [0.1, 0.15) is 5.69 Å². The summed E-state index contributed by atoms with van der Waals surface area (Å²) in [6.45, 7) is 2.51. The predicted molar refractivity (Wildman–Crippen MR) is 94.6 cm³/mol. The maximum absolute atomic E-state index is 12.6. The molecule has 3 rings (SSSR count). The Hall–Kier alpha value is -2.41. The number of carbonyl (C=O) groups excluding carboxylic acids is 1. The second-order valence-electron chi connectivity index (χ2n) is 6.10. The van der Waals surface area contributed by atoms with Crippen LogP contribution in [-0.4, -0.2) is 28.8 Å². The highest BCUT2D eigenvalue weighted by Crippen LogP contribution is 2.32. The van der Waals surface area contributed by atoms with Gasteiger partial charge in [0.2, 0.25) is 0 Å². The van der Waals surface area contributed by atoms with Gasteiger partial charge in [0, 0.05) is 29.6 Å². The molecule has 126 valence electrons. The van der Waals surface area contributed by atoms with Gasteiger partial charge >= 0.3 is 0 Å². The molecular formula is C17H19N3O3S. The van der Waals surface area contributed by atoms with Crippen LogP contribution in [0.5, 0.6) is 0 Å². The molecule has 1 N–H and O–H groups in total. The van der Waals surface area contributed by atoms with E-state index in [1.807, 2.05) is 18.4 Å². The summed E-state index contributed by atoms with van der Waals surface area (Å²) < 4.78 is 0. The van der Waals surface area contributed by atoms with Crippen LogP contribution in [-0.2, 0) is 6.54 Å². The lowest BCUT2D eigenvalue weighted by Gasteiger charge is -2.17. The van der Waals surface area contributed by atoms with Gasteiger partial charge in [-0.1, -0.05) is 0 Å². The second kappa shape index (κ2) is 6.60. The van der Waals surface area contributed by atoms with E-state index in [0.29, 0.717) is 23.8 Å². The van der Waals surface area contributed by atoms with Crippen molar-refractivity contribution in [3.8, 4) is 0 Å². The van der Waals surface area contributed by atoms with Crippen LogP contribution in [0.2, 0.25) is 0 Å². The summed E-state index contributed by atoms with van der Waals surface area (Å²) in [6, 6.07) is 6.98. The van der Waals surface area contributed by atoms with Gasteiger partial charge in [-0.3, -0.25) is 14.9 Å². The van der Waals surface area contributed by atoms with E-state index in [1.165, 1.54) is 6.07 Å². The molecule has 0 unspecified atom stereocenters. The number of anilines is 1. The Morgan fingerprint density at radius 3 is 2.75 bits per heavy atom. The van der Waals surface area contributed by atoms with Crippen molar-refractivity contribution in [2.45, 2.75) is 32.4 Å². The molecule has 1 amide bonds. The van der Waals surface area contributed by atoms with Gasteiger partial charge in [0.25, 0.3) is 11.6 Å². The number of nitro groups is 1. The van der Waals surface area contributed by atoms with Crippen molar-refractivity contribution in [1.82, 2.24) is 4.90 Å². The van der Waals surface area contributed by atoms with Crippen molar-refractivity contribution in [3.05, 3.63) is 55.8 Å². The molecule has 0 radical (unpaired) electrons. The highest BCUT2D eigenvalue weighted by molar-refractivity contribution is 7.10. The molecule has 0 bridgehead atoms. The first kappa shape index (κ1) is 16.4. The molecule has 1 saturated carbocycles. The molecule has 1 aromatic carbocycles. The topological polar surface area (TPSA) is 75.5 Å². The zero-order chi connectivity index (χ0) is 17.3. The van der Waals surface area contributed by atoms with Gasteiger partial charge in [-0.25, -0.2) is 0 Å². The van der Waals surface area contributed by atoms with Gasteiger partial charge in [0.05, 0.1) is 11.5 Å². The standard InChI is InChI=1S/C17H19N3O3S/c1-11-7-8-24-16(11)10-19(2)17(21)12-3-6-14(18-13-4-5-13)15(9-12)20(22)23/h3,6-9,13,18H,4-5,10H2,1-2H3. The number of nitrogens with one attached hydrogen (secondary N) is 1. The number of thiophene rings is 1. The van der Waals surface area contributed by atoms with Crippen LogP contribution in [0.25, 0.3) is 0 Å². The quantitative estimate of drug-likeness (QED) is 0.638. The Bertz CT molecular complexity index is 783. The van der Waals surface area contributed by atoms with E-state index in [4.69, 9.17) is 0 Å². The van der Waals surface area contributed by atoms with E-state index in [1.54, 1.807) is 35.4 Å². The molecule has 1 heterocycles. The Kier molecular flexibility index (Phi) is 4.53. The molecule has 1 fully saturated rings. The van der Waals surface area contributed by atoms with Crippen molar-refractivity contribution >= 4 is 28.6 Å². The molecule has 1 aliphatic carbocycles. The summed E-state index contributed by atoms with van der Waals surface area (Å²) in [5.74, 6) is -0.219. The molecular weight excluding hydrogens is 326 g/mol. The number of benzene rings is 1. The first-order valence-corrected chi connectivity index (χ1v) is 8.67. The number of hydrogen-bond donors (Lipinski definition) is 1. The normalized spacial score (nSPS) is 13.6. The van der Waals surface area contributed by atoms with Crippen LogP contribution in [0.4, 0.5) is 11.4 Å². The minimum Gasteiger partial charge on any atom is -0.377 e. The molecule has 2 aromatic rings. The summed E-state index contributed by atoms with van der Waals surface area (Å²) >= 11 is 1.60. The van der Waals surface area contributed by atoms with Crippen LogP contribution >= 0.6 is 11.3 Å². The highest BCUT2D eigenvalue weighted by Gasteiger charge is 2.26. The largest absolute Gasteiger partial charge is 0.377 e. The van der Waals surface area contributed by atoms with Gasteiger partial charge in [-0.15, -0.1) is 11.3 Å². The van der Waals surface area contributed by atoms with Gasteiger partial charge < -0.3 is 10.2 Å². The van der Waals surface area contributed by atoms with Gasteiger partial charge in [-0.05, 0) is 48.9 Å². The third kappa shape index (κ3) is 3.56. The minimum absolute atomic E-state index is 0.0477. The fourth-order valence-electron chi connectivity index (χ4n) is 2.46.